The highest BCUT2D eigenvalue weighted by molar-refractivity contribution is 8.01. The van der Waals surface area contributed by atoms with E-state index in [1.807, 2.05) is 142 Å². The van der Waals surface area contributed by atoms with E-state index in [1.54, 1.807) is 0 Å². The molecule has 0 saturated heterocycles. The van der Waals surface area contributed by atoms with Crippen LogP contribution in [0.25, 0.3) is 0 Å². The van der Waals surface area contributed by atoms with E-state index in [1.165, 1.54) is 47.0 Å². The van der Waals surface area contributed by atoms with Crippen LogP contribution < -0.4 is 41.0 Å². The van der Waals surface area contributed by atoms with Gasteiger partial charge in [-0.05, 0) is 92.4 Å². The van der Waals surface area contributed by atoms with Crippen LogP contribution in [-0.2, 0) is 40.8 Å². The first kappa shape index (κ1) is 55.2. The van der Waals surface area contributed by atoms with Gasteiger partial charge in [0.05, 0.1) is 39.2 Å². The molecule has 4 aromatic rings. The van der Waals surface area contributed by atoms with Gasteiger partial charge in [-0.1, -0.05) is 130 Å². The van der Waals surface area contributed by atoms with Gasteiger partial charge in [0.25, 0.3) is 11.8 Å². The maximum atomic E-state index is 13.1. The first-order chi connectivity index (χ1) is 32.3. The number of carboxylic acids is 2. The molecule has 16 nitrogen and oxygen atoms in total. The zero-order chi connectivity index (χ0) is 52.3. The van der Waals surface area contributed by atoms with Gasteiger partial charge in [-0.2, -0.15) is 0 Å². The quantitative estimate of drug-likeness (QED) is 0.0679. The molecule has 0 unspecified atom stereocenters. The number of nitrogens with two attached hydrogens (primary N) is 2. The first-order valence-corrected chi connectivity index (χ1v) is 25.2. The van der Waals surface area contributed by atoms with Gasteiger partial charge in [-0.15, -0.1) is 0 Å². The van der Waals surface area contributed by atoms with Crippen molar-refractivity contribution in [3.8, 4) is 23.0 Å². The van der Waals surface area contributed by atoms with Gasteiger partial charge in [0, 0.05) is 0 Å². The predicted octanol–water partition coefficient (Wildman–Crippen LogP) is 9.87. The Morgan fingerprint density at radius 2 is 0.586 bits per heavy atom. The second-order valence-corrected chi connectivity index (χ2v) is 24.7. The van der Waals surface area contributed by atoms with Gasteiger partial charge in [-0.3, -0.25) is 20.2 Å². The number of imide groups is 2. The molecule has 8 bridgehead atoms. The Kier molecular flexibility index (Phi) is 17.2. The van der Waals surface area contributed by atoms with Gasteiger partial charge in [-0.25, -0.2) is 19.2 Å². The molecule has 70 heavy (non-hydrogen) atoms. The van der Waals surface area contributed by atoms with E-state index in [2.05, 4.69) is 0 Å². The Morgan fingerprint density at radius 1 is 0.400 bits per heavy atom. The summed E-state index contributed by atoms with van der Waals surface area (Å²) in [7, 11) is 0. The maximum Gasteiger partial charge on any atom is 0.341 e. The maximum absolute atomic E-state index is 13.1. The second kappa shape index (κ2) is 21.7. The van der Waals surface area contributed by atoms with Crippen LogP contribution in [0.3, 0.4) is 0 Å². The number of amides is 6. The van der Waals surface area contributed by atoms with Crippen molar-refractivity contribution in [2.24, 2.45) is 11.5 Å². The number of carbonyl (C=O) groups excluding carboxylic acids is 4. The highest BCUT2D eigenvalue weighted by Crippen LogP contribution is 2.56. The van der Waals surface area contributed by atoms with Crippen molar-refractivity contribution >= 4 is 82.9 Å². The number of ether oxygens (including phenoxy) is 4. The molecular formula is C50H60N4O12S4. The largest absolute Gasteiger partial charge is 0.481 e. The van der Waals surface area contributed by atoms with Crippen molar-refractivity contribution in [3.05, 3.63) is 70.8 Å². The van der Waals surface area contributed by atoms with Gasteiger partial charge in [0.15, 0.2) is 26.4 Å². The molecule has 20 heteroatoms. The van der Waals surface area contributed by atoms with Crippen LogP contribution in [0.1, 0.15) is 105 Å². The average Bonchev–Trinajstić information content (AvgIpc) is 3.19. The molecule has 0 aromatic heterocycles. The van der Waals surface area contributed by atoms with E-state index < -0.39 is 83.9 Å². The molecule has 0 aliphatic carbocycles. The number of urea groups is 2. The molecule has 6 amide bonds. The van der Waals surface area contributed by atoms with E-state index in [0.717, 1.165) is 22.3 Å². The van der Waals surface area contributed by atoms with Gasteiger partial charge >= 0.3 is 24.0 Å². The number of hydrogen-bond acceptors (Lipinski definition) is 14. The second-order valence-electron chi connectivity index (χ2n) is 20.4. The topological polar surface area (TPSA) is 256 Å². The molecule has 376 valence electrons. The van der Waals surface area contributed by atoms with Crippen LogP contribution >= 0.6 is 47.0 Å². The lowest BCUT2D eigenvalue weighted by atomic mass is 9.87. The Hall–Kier alpha value is -5.70. The predicted molar refractivity (Wildman–Crippen MR) is 270 cm³/mol. The van der Waals surface area contributed by atoms with Crippen LogP contribution in [0, 0.1) is 0 Å². The standard InChI is InChI=1S/C50H60N4O12S4/c1-47(2,3)25-13-29-41(63-21-37(55)53-45(51)61)30(14-25)68-34-18-28(50(10,11)12)20-36(44(34)66-24-40(59)60)70-32-16-26(48(4,5)6)15-31(42(32)64-22-38(56)54-46(52)62)69-35-19-27(49(7,8)9)17-33(67-29)43(35)65-23-39(57)58/h13-20H,21-24H2,1-12H3,(H,57,58)(H,59,60)(H3,51,53,55,61)(H3,52,54,56,62). The third-order valence-electron chi connectivity index (χ3n) is 10.3. The van der Waals surface area contributed by atoms with E-state index in [-0.39, 0.29) is 23.0 Å². The molecule has 0 radical (unpaired) electrons. The molecule has 1 aliphatic heterocycles. The summed E-state index contributed by atoms with van der Waals surface area (Å²) in [6, 6.07) is 13.1. The lowest BCUT2D eigenvalue weighted by Crippen LogP contribution is -2.38. The molecular weight excluding hydrogens is 977 g/mol. The van der Waals surface area contributed by atoms with Crippen molar-refractivity contribution in [1.82, 2.24) is 10.6 Å². The van der Waals surface area contributed by atoms with E-state index >= 15 is 0 Å². The molecule has 5 rings (SSSR count). The Bertz CT molecular complexity index is 2450. The number of benzene rings is 4. The van der Waals surface area contributed by atoms with Crippen LogP contribution in [-0.4, -0.2) is 72.5 Å². The number of fused-ring (bicyclic) bond motifs is 8. The molecule has 0 fully saturated rings. The summed E-state index contributed by atoms with van der Waals surface area (Å²) in [4.78, 5) is 78.2. The Morgan fingerprint density at radius 3 is 0.743 bits per heavy atom. The SMILES string of the molecule is CC(C)(C)c1cc2c(OCC(=O)O)c(c1)Sc1cc(C(C)(C)C)cc(c1OCC(=O)NC(N)=O)Sc1cc(C(C)(C)C)cc(c1OCC(=O)O)Sc1cc(C(C)(C)C)cc(c1OCC(=O)NC(N)=O)S2. The molecule has 4 aromatic carbocycles. The van der Waals surface area contributed by atoms with E-state index in [0.29, 0.717) is 39.2 Å². The van der Waals surface area contributed by atoms with Crippen LogP contribution in [0.5, 0.6) is 23.0 Å². The Balaban J connectivity index is 2.04. The van der Waals surface area contributed by atoms with Gasteiger partial charge < -0.3 is 40.6 Å². The lowest BCUT2D eigenvalue weighted by molar-refractivity contribution is -0.140. The molecule has 0 saturated carbocycles. The number of carbonyl (C=O) groups is 6. The monoisotopic (exact) mass is 1040 g/mol. The normalized spacial score (nSPS) is 12.9. The zero-order valence-electron chi connectivity index (χ0n) is 41.2. The third kappa shape index (κ3) is 14.7. The first-order valence-electron chi connectivity index (χ1n) is 21.9. The Labute approximate surface area is 424 Å². The summed E-state index contributed by atoms with van der Waals surface area (Å²) < 4.78 is 25.3. The molecule has 0 spiro atoms. The summed E-state index contributed by atoms with van der Waals surface area (Å²) in [5, 5.41) is 24.2. The smallest absolute Gasteiger partial charge is 0.341 e. The van der Waals surface area contributed by atoms with E-state index in [4.69, 9.17) is 30.4 Å². The number of primary amides is 2. The van der Waals surface area contributed by atoms with Crippen LogP contribution in [0.2, 0.25) is 0 Å². The fourth-order valence-corrected chi connectivity index (χ4v) is 11.4. The number of aliphatic carboxylic acids is 2. The fraction of sp³-hybridized carbons (Fsp3) is 0.400. The van der Waals surface area contributed by atoms with Crippen molar-refractivity contribution in [2.45, 2.75) is 144 Å². The minimum absolute atomic E-state index is 0.197. The van der Waals surface area contributed by atoms with Crippen molar-refractivity contribution in [2.75, 3.05) is 26.4 Å². The fourth-order valence-electron chi connectivity index (χ4n) is 6.58. The van der Waals surface area contributed by atoms with Crippen LogP contribution in [0.15, 0.2) is 87.7 Å². The highest BCUT2D eigenvalue weighted by Gasteiger charge is 2.31. The molecule has 0 atom stereocenters. The molecule has 8 N–H and O–H groups in total. The van der Waals surface area contributed by atoms with E-state index in [9.17, 15) is 39.0 Å². The summed E-state index contributed by atoms with van der Waals surface area (Å²) >= 11 is 4.82. The highest BCUT2D eigenvalue weighted by atomic mass is 32.2. The number of rotatable bonds is 12. The minimum Gasteiger partial charge on any atom is -0.481 e. The van der Waals surface area contributed by atoms with Crippen molar-refractivity contribution in [3.63, 3.8) is 0 Å². The minimum atomic E-state index is -1.23. The zero-order valence-corrected chi connectivity index (χ0v) is 44.5. The van der Waals surface area contributed by atoms with Gasteiger partial charge in [0.2, 0.25) is 0 Å². The number of carboxylic acid groups (broad SMARTS) is 2. The van der Waals surface area contributed by atoms with Gasteiger partial charge in [0.1, 0.15) is 23.0 Å². The third-order valence-corrected chi connectivity index (χ3v) is 14.5. The molecule has 1 heterocycles. The number of hydrogen-bond donors (Lipinski definition) is 6. The van der Waals surface area contributed by atoms with Crippen LogP contribution in [0.4, 0.5) is 9.59 Å². The molecule has 1 aliphatic rings. The average molecular weight is 1040 g/mol. The lowest BCUT2D eigenvalue weighted by Gasteiger charge is -2.28. The summed E-state index contributed by atoms with van der Waals surface area (Å²) in [5.74, 6) is -3.30. The number of nitrogens with one attached hydrogen (secondary N) is 2. The summed E-state index contributed by atoms with van der Waals surface area (Å²) in [6.45, 7) is 21.6. The summed E-state index contributed by atoms with van der Waals surface area (Å²) in [6.07, 6.45) is 0. The van der Waals surface area contributed by atoms with Crippen molar-refractivity contribution in [1.29, 1.82) is 0 Å². The summed E-state index contributed by atoms with van der Waals surface area (Å²) in [5.41, 5.74) is 12.0. The van der Waals surface area contributed by atoms with Crippen molar-refractivity contribution < 1.29 is 57.9 Å².